The summed E-state index contributed by atoms with van der Waals surface area (Å²) in [6.45, 7) is 13.2. The van der Waals surface area contributed by atoms with Crippen molar-refractivity contribution in [3.8, 4) is 0 Å². The summed E-state index contributed by atoms with van der Waals surface area (Å²) in [5, 5.41) is 4.79. The number of hydrogen-bond acceptors (Lipinski definition) is 4. The van der Waals surface area contributed by atoms with Gasteiger partial charge in [0.2, 0.25) is 0 Å². The van der Waals surface area contributed by atoms with Crippen LogP contribution in [0.2, 0.25) is 0 Å². The van der Waals surface area contributed by atoms with Gasteiger partial charge < -0.3 is 10.2 Å². The molecule has 1 aromatic heterocycles. The molecule has 0 saturated heterocycles. The third-order valence-corrected chi connectivity index (χ3v) is 5.31. The van der Waals surface area contributed by atoms with Crippen LogP contribution in [0.3, 0.4) is 0 Å². The molecule has 4 heteroatoms. The van der Waals surface area contributed by atoms with E-state index in [4.69, 9.17) is 4.98 Å². The lowest BCUT2D eigenvalue weighted by Crippen LogP contribution is -2.35. The van der Waals surface area contributed by atoms with Crippen LogP contribution in [-0.2, 0) is 6.54 Å². The molecule has 1 saturated carbocycles. The molecule has 2 rings (SSSR count). The minimum absolute atomic E-state index is 0.149. The Kier molecular flexibility index (Phi) is 5.31. The van der Waals surface area contributed by atoms with Gasteiger partial charge in [-0.05, 0) is 45.4 Å². The van der Waals surface area contributed by atoms with Crippen LogP contribution in [-0.4, -0.2) is 24.1 Å². The minimum Gasteiger partial charge on any atom is -0.351 e. The van der Waals surface area contributed by atoms with Crippen LogP contribution >= 0.6 is 11.3 Å². The second-order valence-electron chi connectivity index (χ2n) is 7.74. The van der Waals surface area contributed by atoms with Gasteiger partial charge in [-0.25, -0.2) is 4.98 Å². The zero-order chi connectivity index (χ0) is 15.6. The minimum atomic E-state index is 0.149. The molecular formula is C17H31N3S. The maximum Gasteiger partial charge on any atom is 0.185 e. The molecule has 0 aliphatic heterocycles. The van der Waals surface area contributed by atoms with Gasteiger partial charge in [0.25, 0.3) is 0 Å². The molecule has 1 fully saturated rings. The van der Waals surface area contributed by atoms with E-state index in [1.165, 1.54) is 35.0 Å². The molecular weight excluding hydrogens is 278 g/mol. The van der Waals surface area contributed by atoms with E-state index in [1.54, 1.807) is 0 Å². The molecule has 0 aromatic carbocycles. The topological polar surface area (TPSA) is 28.2 Å². The van der Waals surface area contributed by atoms with Crippen LogP contribution in [0.15, 0.2) is 0 Å². The Balaban J connectivity index is 2.07. The summed E-state index contributed by atoms with van der Waals surface area (Å²) in [5.41, 5.74) is 1.42. The molecule has 120 valence electrons. The fourth-order valence-electron chi connectivity index (χ4n) is 2.58. The molecule has 0 bridgehead atoms. The van der Waals surface area contributed by atoms with Crippen LogP contribution in [0, 0.1) is 5.92 Å². The number of aromatic nitrogens is 1. The summed E-state index contributed by atoms with van der Waals surface area (Å²) in [5.74, 6) is 1.38. The van der Waals surface area contributed by atoms with Gasteiger partial charge in [-0.3, -0.25) is 0 Å². The van der Waals surface area contributed by atoms with Crippen molar-refractivity contribution in [2.24, 2.45) is 5.92 Å². The summed E-state index contributed by atoms with van der Waals surface area (Å²) in [4.78, 5) is 8.69. The van der Waals surface area contributed by atoms with Crippen molar-refractivity contribution < 1.29 is 0 Å². The molecule has 1 aliphatic carbocycles. The van der Waals surface area contributed by atoms with Crippen molar-refractivity contribution in [2.45, 2.75) is 71.9 Å². The van der Waals surface area contributed by atoms with Crippen LogP contribution in [0.5, 0.6) is 0 Å². The highest BCUT2D eigenvalue weighted by Crippen LogP contribution is 2.33. The predicted molar refractivity (Wildman–Crippen MR) is 93.4 cm³/mol. The second kappa shape index (κ2) is 6.66. The highest BCUT2D eigenvalue weighted by atomic mass is 32.1. The normalized spacial score (nSPS) is 16.3. The molecule has 1 aliphatic rings. The first-order valence-corrected chi connectivity index (χ1v) is 9.03. The molecule has 0 unspecified atom stereocenters. The SMILES string of the molecule is CC(C)c1nc(N(C)CC2CCC2)sc1CNC(C)(C)C. The Labute approximate surface area is 134 Å². The molecule has 3 nitrogen and oxygen atoms in total. The summed E-state index contributed by atoms with van der Waals surface area (Å²) in [7, 11) is 2.20. The van der Waals surface area contributed by atoms with Crippen molar-refractivity contribution in [3.05, 3.63) is 10.6 Å². The molecule has 0 amide bonds. The Morgan fingerprint density at radius 3 is 2.48 bits per heavy atom. The predicted octanol–water partition coefficient (Wildman–Crippen LogP) is 4.39. The maximum atomic E-state index is 4.93. The zero-order valence-corrected chi connectivity index (χ0v) is 15.3. The number of anilines is 1. The zero-order valence-electron chi connectivity index (χ0n) is 14.5. The van der Waals surface area contributed by atoms with Gasteiger partial charge in [-0.15, -0.1) is 11.3 Å². The highest BCUT2D eigenvalue weighted by Gasteiger charge is 2.22. The highest BCUT2D eigenvalue weighted by molar-refractivity contribution is 7.15. The number of nitrogens with zero attached hydrogens (tertiary/aromatic N) is 2. The fraction of sp³-hybridized carbons (Fsp3) is 0.824. The lowest BCUT2D eigenvalue weighted by Gasteiger charge is -2.29. The van der Waals surface area contributed by atoms with Crippen molar-refractivity contribution >= 4 is 16.5 Å². The Morgan fingerprint density at radius 2 is 2.00 bits per heavy atom. The van der Waals surface area contributed by atoms with E-state index < -0.39 is 0 Å². The molecule has 0 spiro atoms. The maximum absolute atomic E-state index is 4.93. The third-order valence-electron chi connectivity index (χ3n) is 4.13. The fourth-order valence-corrected chi connectivity index (χ4v) is 3.70. The number of thiazole rings is 1. The van der Waals surface area contributed by atoms with E-state index in [0.29, 0.717) is 5.92 Å². The Bertz CT molecular complexity index is 455. The number of hydrogen-bond donors (Lipinski definition) is 1. The van der Waals surface area contributed by atoms with E-state index >= 15 is 0 Å². The van der Waals surface area contributed by atoms with Gasteiger partial charge in [0, 0.05) is 30.6 Å². The third kappa shape index (κ3) is 4.68. The van der Waals surface area contributed by atoms with Gasteiger partial charge in [-0.1, -0.05) is 20.3 Å². The van der Waals surface area contributed by atoms with Gasteiger partial charge in [-0.2, -0.15) is 0 Å². The molecule has 21 heavy (non-hydrogen) atoms. The molecule has 1 N–H and O–H groups in total. The first-order chi connectivity index (χ1) is 9.76. The molecule has 0 atom stereocenters. The summed E-state index contributed by atoms with van der Waals surface area (Å²) in [6, 6.07) is 0. The second-order valence-corrected chi connectivity index (χ2v) is 8.80. The van der Waals surface area contributed by atoms with Crippen molar-refractivity contribution in [1.29, 1.82) is 0 Å². The van der Waals surface area contributed by atoms with Gasteiger partial charge >= 0.3 is 0 Å². The van der Waals surface area contributed by atoms with Gasteiger partial charge in [0.05, 0.1) is 5.69 Å². The van der Waals surface area contributed by atoms with Crippen LogP contribution in [0.4, 0.5) is 5.13 Å². The standard InChI is InChI=1S/C17H31N3S/c1-12(2)15-14(10-18-17(3,4)5)21-16(19-15)20(6)11-13-8-7-9-13/h12-13,18H,7-11H2,1-6H3. The lowest BCUT2D eigenvalue weighted by atomic mass is 9.85. The molecule has 1 heterocycles. The summed E-state index contributed by atoms with van der Waals surface area (Å²) >= 11 is 1.87. The lowest BCUT2D eigenvalue weighted by molar-refractivity contribution is 0.321. The van der Waals surface area contributed by atoms with Crippen molar-refractivity contribution in [3.63, 3.8) is 0 Å². The summed E-state index contributed by atoms with van der Waals surface area (Å²) < 4.78 is 0. The van der Waals surface area contributed by atoms with E-state index in [1.807, 2.05) is 11.3 Å². The molecule has 1 aromatic rings. The van der Waals surface area contributed by atoms with Crippen molar-refractivity contribution in [1.82, 2.24) is 10.3 Å². The van der Waals surface area contributed by atoms with E-state index in [0.717, 1.165) is 19.0 Å². The first-order valence-electron chi connectivity index (χ1n) is 8.22. The van der Waals surface area contributed by atoms with E-state index in [-0.39, 0.29) is 5.54 Å². The molecule has 0 radical (unpaired) electrons. The number of nitrogens with one attached hydrogen (secondary N) is 1. The van der Waals surface area contributed by atoms with Crippen LogP contribution in [0.25, 0.3) is 0 Å². The largest absolute Gasteiger partial charge is 0.351 e. The van der Waals surface area contributed by atoms with E-state index in [9.17, 15) is 0 Å². The van der Waals surface area contributed by atoms with Crippen molar-refractivity contribution in [2.75, 3.05) is 18.5 Å². The smallest absolute Gasteiger partial charge is 0.185 e. The van der Waals surface area contributed by atoms with Gasteiger partial charge in [0.1, 0.15) is 0 Å². The number of rotatable bonds is 6. The summed E-state index contributed by atoms with van der Waals surface area (Å²) in [6.07, 6.45) is 4.20. The average molecular weight is 310 g/mol. The van der Waals surface area contributed by atoms with Gasteiger partial charge in [0.15, 0.2) is 5.13 Å². The van der Waals surface area contributed by atoms with Crippen LogP contribution in [0.1, 0.15) is 70.4 Å². The average Bonchev–Trinajstić information content (AvgIpc) is 2.74. The first kappa shape index (κ1) is 16.8. The van der Waals surface area contributed by atoms with Crippen LogP contribution < -0.4 is 10.2 Å². The Morgan fingerprint density at radius 1 is 1.33 bits per heavy atom. The van der Waals surface area contributed by atoms with E-state index in [2.05, 4.69) is 51.9 Å². The quantitative estimate of drug-likeness (QED) is 0.844. The monoisotopic (exact) mass is 309 g/mol. The Hall–Kier alpha value is -0.610.